The van der Waals surface area contributed by atoms with Gasteiger partial charge >= 0.3 is 17.9 Å². The van der Waals surface area contributed by atoms with Crippen LogP contribution in [-0.4, -0.2) is 37.2 Å². The third-order valence-electron chi connectivity index (χ3n) is 11.2. The second-order valence-electron chi connectivity index (χ2n) is 17.1. The number of carbonyl (C=O) groups excluding carboxylic acids is 3. The Morgan fingerprint density at radius 2 is 0.569 bits per heavy atom. The summed E-state index contributed by atoms with van der Waals surface area (Å²) in [5.74, 6) is -0.889. The lowest BCUT2D eigenvalue weighted by Crippen LogP contribution is -2.30. The molecule has 0 aliphatic rings. The minimum atomic E-state index is -0.768. The summed E-state index contributed by atoms with van der Waals surface area (Å²) in [5.41, 5.74) is 0. The van der Waals surface area contributed by atoms with Gasteiger partial charge in [0, 0.05) is 19.3 Å². The zero-order chi connectivity index (χ0) is 42.3. The molecule has 0 spiro atoms. The summed E-state index contributed by atoms with van der Waals surface area (Å²) in [4.78, 5) is 37.5. The van der Waals surface area contributed by atoms with Crippen molar-refractivity contribution in [3.63, 3.8) is 0 Å². The maximum Gasteiger partial charge on any atom is 0.306 e. The SMILES string of the molecule is CCCCC/C=C\CCCCCCCC(=O)OC(COC(=O)CCCCCCC)COC(=O)CCCCCCCCCCCCC/C=C\CCCCCCCCCC. The second kappa shape index (κ2) is 47.6. The minimum Gasteiger partial charge on any atom is -0.462 e. The predicted molar refractivity (Wildman–Crippen MR) is 247 cm³/mol. The average molecular weight is 817 g/mol. The van der Waals surface area contributed by atoms with Gasteiger partial charge in [-0.25, -0.2) is 0 Å². The molecule has 0 N–H and O–H groups in total. The molecule has 0 heterocycles. The Morgan fingerprint density at radius 1 is 0.328 bits per heavy atom. The van der Waals surface area contributed by atoms with E-state index in [0.29, 0.717) is 19.3 Å². The van der Waals surface area contributed by atoms with E-state index in [2.05, 4.69) is 45.1 Å². The molecule has 0 aliphatic carbocycles. The minimum absolute atomic E-state index is 0.0730. The van der Waals surface area contributed by atoms with Crippen molar-refractivity contribution in [1.82, 2.24) is 0 Å². The van der Waals surface area contributed by atoms with Gasteiger partial charge in [0.05, 0.1) is 0 Å². The Labute approximate surface area is 360 Å². The summed E-state index contributed by atoms with van der Waals surface area (Å²) >= 11 is 0. The number of ether oxygens (including phenoxy) is 3. The van der Waals surface area contributed by atoms with Gasteiger partial charge in [-0.3, -0.25) is 14.4 Å². The van der Waals surface area contributed by atoms with E-state index in [1.807, 2.05) is 0 Å². The molecule has 0 amide bonds. The van der Waals surface area contributed by atoms with Crippen LogP contribution in [0.15, 0.2) is 24.3 Å². The molecule has 1 atom stereocenters. The molecule has 0 aromatic rings. The topological polar surface area (TPSA) is 78.9 Å². The van der Waals surface area contributed by atoms with Gasteiger partial charge in [-0.1, -0.05) is 206 Å². The van der Waals surface area contributed by atoms with E-state index in [1.165, 1.54) is 161 Å². The highest BCUT2D eigenvalue weighted by Crippen LogP contribution is 2.15. The fraction of sp³-hybridized carbons (Fsp3) is 0.865. The Hall–Kier alpha value is -2.11. The molecule has 0 saturated carbocycles. The monoisotopic (exact) mass is 817 g/mol. The van der Waals surface area contributed by atoms with Gasteiger partial charge < -0.3 is 14.2 Å². The maximum absolute atomic E-state index is 12.7. The molecule has 0 aromatic heterocycles. The fourth-order valence-corrected chi connectivity index (χ4v) is 7.31. The van der Waals surface area contributed by atoms with Crippen molar-refractivity contribution >= 4 is 17.9 Å². The molecule has 58 heavy (non-hydrogen) atoms. The Morgan fingerprint density at radius 3 is 0.897 bits per heavy atom. The molecule has 1 unspecified atom stereocenters. The molecule has 6 heteroatoms. The number of rotatable bonds is 46. The van der Waals surface area contributed by atoms with Crippen LogP contribution in [0.1, 0.15) is 271 Å². The van der Waals surface area contributed by atoms with E-state index in [-0.39, 0.29) is 31.1 Å². The molecule has 0 radical (unpaired) electrons. The largest absolute Gasteiger partial charge is 0.462 e. The van der Waals surface area contributed by atoms with Crippen molar-refractivity contribution in [2.24, 2.45) is 0 Å². The molecule has 0 aromatic carbocycles. The second-order valence-corrected chi connectivity index (χ2v) is 17.1. The van der Waals surface area contributed by atoms with Crippen LogP contribution >= 0.6 is 0 Å². The van der Waals surface area contributed by atoms with Gasteiger partial charge in [-0.05, 0) is 70.6 Å². The number of unbranched alkanes of at least 4 members (excludes halogenated alkanes) is 31. The van der Waals surface area contributed by atoms with E-state index in [0.717, 1.165) is 70.6 Å². The highest BCUT2D eigenvalue weighted by Gasteiger charge is 2.19. The van der Waals surface area contributed by atoms with Crippen LogP contribution in [-0.2, 0) is 28.6 Å². The normalized spacial score (nSPS) is 12.1. The van der Waals surface area contributed by atoms with E-state index in [9.17, 15) is 14.4 Å². The van der Waals surface area contributed by atoms with E-state index in [1.54, 1.807) is 0 Å². The third-order valence-corrected chi connectivity index (χ3v) is 11.2. The zero-order valence-electron chi connectivity index (χ0n) is 38.8. The lowest BCUT2D eigenvalue weighted by Gasteiger charge is -2.18. The maximum atomic E-state index is 12.7. The zero-order valence-corrected chi connectivity index (χ0v) is 38.8. The van der Waals surface area contributed by atoms with Gasteiger partial charge in [0.2, 0.25) is 0 Å². The number of hydrogen-bond acceptors (Lipinski definition) is 6. The lowest BCUT2D eigenvalue weighted by atomic mass is 10.0. The highest BCUT2D eigenvalue weighted by atomic mass is 16.6. The average Bonchev–Trinajstić information content (AvgIpc) is 3.22. The summed E-state index contributed by atoms with van der Waals surface area (Å²) < 4.78 is 16.6. The number of allylic oxidation sites excluding steroid dienone is 4. The van der Waals surface area contributed by atoms with Crippen molar-refractivity contribution < 1.29 is 28.6 Å². The van der Waals surface area contributed by atoms with Crippen LogP contribution in [0.2, 0.25) is 0 Å². The van der Waals surface area contributed by atoms with Crippen LogP contribution in [0.25, 0.3) is 0 Å². The molecule has 0 saturated heterocycles. The first-order valence-electron chi connectivity index (χ1n) is 25.3. The summed E-state index contributed by atoms with van der Waals surface area (Å²) in [7, 11) is 0. The highest BCUT2D eigenvalue weighted by molar-refractivity contribution is 5.71. The molecule has 340 valence electrons. The summed E-state index contributed by atoms with van der Waals surface area (Å²) in [6.45, 7) is 6.54. The van der Waals surface area contributed by atoms with E-state index < -0.39 is 6.10 Å². The third kappa shape index (κ3) is 45.0. The summed E-state index contributed by atoms with van der Waals surface area (Å²) in [6, 6.07) is 0. The first-order chi connectivity index (χ1) is 28.5. The van der Waals surface area contributed by atoms with Gasteiger partial charge in [-0.2, -0.15) is 0 Å². The first kappa shape index (κ1) is 55.9. The smallest absolute Gasteiger partial charge is 0.306 e. The van der Waals surface area contributed by atoms with Crippen molar-refractivity contribution in [2.45, 2.75) is 277 Å². The van der Waals surface area contributed by atoms with Crippen molar-refractivity contribution in [3.8, 4) is 0 Å². The van der Waals surface area contributed by atoms with Gasteiger partial charge in [0.25, 0.3) is 0 Å². The lowest BCUT2D eigenvalue weighted by molar-refractivity contribution is -0.167. The Kier molecular flexibility index (Phi) is 45.8. The summed E-state index contributed by atoms with van der Waals surface area (Å²) in [5, 5.41) is 0. The van der Waals surface area contributed by atoms with Crippen LogP contribution < -0.4 is 0 Å². The fourth-order valence-electron chi connectivity index (χ4n) is 7.31. The van der Waals surface area contributed by atoms with Crippen LogP contribution in [0.3, 0.4) is 0 Å². The van der Waals surface area contributed by atoms with Gasteiger partial charge in [0.1, 0.15) is 13.2 Å². The number of esters is 3. The molecular weight excluding hydrogens is 721 g/mol. The van der Waals surface area contributed by atoms with Crippen LogP contribution in [0.4, 0.5) is 0 Å². The summed E-state index contributed by atoms with van der Waals surface area (Å²) in [6.07, 6.45) is 53.5. The molecule has 0 aliphatic heterocycles. The van der Waals surface area contributed by atoms with Crippen LogP contribution in [0.5, 0.6) is 0 Å². The Bertz CT molecular complexity index is 942. The molecule has 0 fully saturated rings. The molecular formula is C52H96O6. The van der Waals surface area contributed by atoms with Crippen molar-refractivity contribution in [3.05, 3.63) is 24.3 Å². The standard InChI is InChI=1S/C52H96O6/c1-4-7-10-13-15-17-19-21-22-23-24-25-26-27-28-29-30-31-33-34-36-39-42-45-51(54)57-48-49(47-56-50(53)44-41-38-12-9-6-3)58-52(55)46-43-40-37-35-32-20-18-16-14-11-8-5-2/h16,18,23-24,49H,4-15,17,19-22,25-48H2,1-3H3/b18-16-,24-23-. The molecule has 0 bridgehead atoms. The number of carbonyl (C=O) groups is 3. The number of hydrogen-bond donors (Lipinski definition) is 0. The molecule has 0 rings (SSSR count). The predicted octanol–water partition coefficient (Wildman–Crippen LogP) is 16.4. The van der Waals surface area contributed by atoms with Crippen molar-refractivity contribution in [2.75, 3.05) is 13.2 Å². The molecule has 6 nitrogen and oxygen atoms in total. The van der Waals surface area contributed by atoms with Gasteiger partial charge in [0.15, 0.2) is 6.10 Å². The first-order valence-corrected chi connectivity index (χ1v) is 25.3. The Balaban J connectivity index is 4.06. The van der Waals surface area contributed by atoms with E-state index >= 15 is 0 Å². The van der Waals surface area contributed by atoms with Gasteiger partial charge in [-0.15, -0.1) is 0 Å². The van der Waals surface area contributed by atoms with Crippen molar-refractivity contribution in [1.29, 1.82) is 0 Å². The quantitative estimate of drug-likeness (QED) is 0.0263. The van der Waals surface area contributed by atoms with Crippen LogP contribution in [0, 0.1) is 0 Å². The van der Waals surface area contributed by atoms with E-state index in [4.69, 9.17) is 14.2 Å².